The zero-order valence-corrected chi connectivity index (χ0v) is 13.7. The van der Waals surface area contributed by atoms with Gasteiger partial charge in [-0.25, -0.2) is 0 Å². The molecule has 0 amide bonds. The van der Waals surface area contributed by atoms with Crippen molar-refractivity contribution >= 4 is 46.3 Å². The van der Waals surface area contributed by atoms with Gasteiger partial charge < -0.3 is 10.6 Å². The number of benzene rings is 2. The van der Waals surface area contributed by atoms with Gasteiger partial charge in [0.15, 0.2) is 5.82 Å². The maximum absolute atomic E-state index is 8.93. The highest BCUT2D eigenvalue weighted by Gasteiger charge is 2.04. The van der Waals surface area contributed by atoms with E-state index in [1.807, 2.05) is 6.07 Å². The van der Waals surface area contributed by atoms with E-state index < -0.39 is 0 Å². The Hall–Kier alpha value is -2.88. The number of nitriles is 1. The quantitative estimate of drug-likeness (QED) is 0.713. The minimum atomic E-state index is 0.301. The summed E-state index contributed by atoms with van der Waals surface area (Å²) >= 11 is 11.9. The minimum absolute atomic E-state index is 0.301. The summed E-state index contributed by atoms with van der Waals surface area (Å²) in [4.78, 5) is 4.32. The highest BCUT2D eigenvalue weighted by Crippen LogP contribution is 2.26. The molecule has 1 heterocycles. The van der Waals surface area contributed by atoms with Crippen molar-refractivity contribution in [1.82, 2.24) is 15.2 Å². The molecule has 0 fully saturated rings. The summed E-state index contributed by atoms with van der Waals surface area (Å²) in [5.74, 6) is 0.789. The zero-order valence-electron chi connectivity index (χ0n) is 12.2. The monoisotopic (exact) mass is 356 g/mol. The molecule has 24 heavy (non-hydrogen) atoms. The lowest BCUT2D eigenvalue weighted by molar-refractivity contribution is 0.982. The molecule has 0 spiro atoms. The van der Waals surface area contributed by atoms with Gasteiger partial charge in [0.25, 0.3) is 0 Å². The van der Waals surface area contributed by atoms with Crippen molar-refractivity contribution in [1.29, 1.82) is 5.26 Å². The molecule has 0 unspecified atom stereocenters. The molecular formula is C16H10Cl2N6. The highest BCUT2D eigenvalue weighted by molar-refractivity contribution is 6.42. The topological polar surface area (TPSA) is 86.5 Å². The molecule has 118 valence electrons. The van der Waals surface area contributed by atoms with Crippen LogP contribution in [0.25, 0.3) is 0 Å². The number of nitrogens with zero attached hydrogens (tertiary/aromatic N) is 4. The van der Waals surface area contributed by atoms with Crippen LogP contribution in [0.15, 0.2) is 48.7 Å². The van der Waals surface area contributed by atoms with E-state index in [9.17, 15) is 0 Å². The van der Waals surface area contributed by atoms with Gasteiger partial charge in [0.1, 0.15) is 0 Å². The van der Waals surface area contributed by atoms with Crippen LogP contribution in [-0.4, -0.2) is 15.2 Å². The molecule has 3 rings (SSSR count). The highest BCUT2D eigenvalue weighted by atomic mass is 35.5. The molecule has 6 nitrogen and oxygen atoms in total. The maximum Gasteiger partial charge on any atom is 0.249 e. The van der Waals surface area contributed by atoms with Crippen LogP contribution in [0.1, 0.15) is 5.56 Å². The number of nitrogens with one attached hydrogen (secondary N) is 2. The SMILES string of the molecule is N#Cc1cccc(Nc2nncc(Nc3ccc(Cl)c(Cl)c3)n2)c1. The van der Waals surface area contributed by atoms with Crippen LogP contribution in [0, 0.1) is 11.3 Å². The Labute approximate surface area is 148 Å². The first kappa shape index (κ1) is 16.0. The Kier molecular flexibility index (Phi) is 4.75. The lowest BCUT2D eigenvalue weighted by atomic mass is 10.2. The summed E-state index contributed by atoms with van der Waals surface area (Å²) in [5.41, 5.74) is 1.96. The average Bonchev–Trinajstić information content (AvgIpc) is 2.59. The molecule has 2 aromatic carbocycles. The fourth-order valence-electron chi connectivity index (χ4n) is 1.93. The van der Waals surface area contributed by atoms with Gasteiger partial charge in [-0.15, -0.1) is 5.10 Å². The van der Waals surface area contributed by atoms with E-state index in [1.54, 1.807) is 36.4 Å². The third-order valence-electron chi connectivity index (χ3n) is 3.00. The largest absolute Gasteiger partial charge is 0.339 e. The Morgan fingerprint density at radius 1 is 0.958 bits per heavy atom. The van der Waals surface area contributed by atoms with E-state index in [-0.39, 0.29) is 0 Å². The predicted molar refractivity (Wildman–Crippen MR) is 94.0 cm³/mol. The lowest BCUT2D eigenvalue weighted by Crippen LogP contribution is -2.02. The van der Waals surface area contributed by atoms with Gasteiger partial charge in [-0.3, -0.25) is 0 Å². The van der Waals surface area contributed by atoms with E-state index in [1.165, 1.54) is 6.20 Å². The summed E-state index contributed by atoms with van der Waals surface area (Å²) in [6.07, 6.45) is 1.49. The van der Waals surface area contributed by atoms with Gasteiger partial charge in [-0.05, 0) is 36.4 Å². The molecule has 0 saturated carbocycles. The molecular weight excluding hydrogens is 347 g/mol. The Bertz CT molecular complexity index is 922. The van der Waals surface area contributed by atoms with Crippen molar-refractivity contribution < 1.29 is 0 Å². The third kappa shape index (κ3) is 3.90. The standard InChI is InChI=1S/C16H10Cl2N6/c17-13-5-4-12(7-14(13)18)21-15-9-20-24-16(23-15)22-11-3-1-2-10(6-11)8-19/h1-7,9H,(H2,21,22,23,24). The van der Waals surface area contributed by atoms with Crippen LogP contribution < -0.4 is 10.6 Å². The normalized spacial score (nSPS) is 10.0. The summed E-state index contributed by atoms with van der Waals surface area (Å²) in [5, 5.41) is 23.7. The first-order valence-corrected chi connectivity index (χ1v) is 7.58. The van der Waals surface area contributed by atoms with E-state index in [2.05, 4.69) is 31.9 Å². The van der Waals surface area contributed by atoms with Crippen LogP contribution in [0.2, 0.25) is 10.0 Å². The van der Waals surface area contributed by atoms with Gasteiger partial charge in [-0.1, -0.05) is 29.3 Å². The first-order chi connectivity index (χ1) is 11.6. The number of halogens is 2. The molecule has 0 aliphatic rings. The third-order valence-corrected chi connectivity index (χ3v) is 3.74. The number of aromatic nitrogens is 3. The van der Waals surface area contributed by atoms with Crippen molar-refractivity contribution in [3.05, 3.63) is 64.3 Å². The van der Waals surface area contributed by atoms with Crippen molar-refractivity contribution in [3.63, 3.8) is 0 Å². The minimum Gasteiger partial charge on any atom is -0.339 e. The molecule has 8 heteroatoms. The van der Waals surface area contributed by atoms with E-state index >= 15 is 0 Å². The van der Waals surface area contributed by atoms with Gasteiger partial charge >= 0.3 is 0 Å². The molecule has 3 aromatic rings. The number of anilines is 4. The van der Waals surface area contributed by atoms with E-state index in [0.717, 1.165) is 5.69 Å². The molecule has 1 aromatic heterocycles. The number of rotatable bonds is 4. The van der Waals surface area contributed by atoms with Crippen molar-refractivity contribution in [2.75, 3.05) is 10.6 Å². The van der Waals surface area contributed by atoms with E-state index in [0.29, 0.717) is 33.1 Å². The summed E-state index contributed by atoms with van der Waals surface area (Å²) in [7, 11) is 0. The predicted octanol–water partition coefficient (Wildman–Crippen LogP) is 4.54. The Morgan fingerprint density at radius 3 is 2.58 bits per heavy atom. The Balaban J connectivity index is 1.78. The first-order valence-electron chi connectivity index (χ1n) is 6.83. The van der Waals surface area contributed by atoms with Crippen molar-refractivity contribution in [3.8, 4) is 6.07 Å². The van der Waals surface area contributed by atoms with Gasteiger partial charge in [0, 0.05) is 11.4 Å². The molecule has 0 bridgehead atoms. The van der Waals surface area contributed by atoms with Crippen LogP contribution in [0.4, 0.5) is 23.1 Å². The molecule has 0 radical (unpaired) electrons. The van der Waals surface area contributed by atoms with E-state index in [4.69, 9.17) is 28.5 Å². The summed E-state index contributed by atoms with van der Waals surface area (Å²) < 4.78 is 0. The van der Waals surface area contributed by atoms with Crippen LogP contribution >= 0.6 is 23.2 Å². The second-order valence-electron chi connectivity index (χ2n) is 4.74. The number of hydrogen-bond donors (Lipinski definition) is 2. The smallest absolute Gasteiger partial charge is 0.249 e. The second-order valence-corrected chi connectivity index (χ2v) is 5.55. The Morgan fingerprint density at radius 2 is 1.79 bits per heavy atom. The molecule has 0 atom stereocenters. The lowest BCUT2D eigenvalue weighted by Gasteiger charge is -2.08. The fraction of sp³-hybridized carbons (Fsp3) is 0. The second kappa shape index (κ2) is 7.13. The molecule has 2 N–H and O–H groups in total. The zero-order chi connectivity index (χ0) is 16.9. The molecule has 0 aliphatic carbocycles. The number of hydrogen-bond acceptors (Lipinski definition) is 6. The molecule has 0 aliphatic heterocycles. The summed E-state index contributed by atoms with van der Waals surface area (Å²) in [6.45, 7) is 0. The van der Waals surface area contributed by atoms with Gasteiger partial charge in [-0.2, -0.15) is 15.3 Å². The van der Waals surface area contributed by atoms with Gasteiger partial charge in [0.2, 0.25) is 5.95 Å². The van der Waals surface area contributed by atoms with Gasteiger partial charge in [0.05, 0.1) is 27.9 Å². The fourth-order valence-corrected chi connectivity index (χ4v) is 2.23. The van der Waals surface area contributed by atoms with Crippen molar-refractivity contribution in [2.45, 2.75) is 0 Å². The summed E-state index contributed by atoms with van der Waals surface area (Å²) in [6, 6.07) is 14.2. The molecule has 0 saturated heterocycles. The van der Waals surface area contributed by atoms with Crippen LogP contribution in [-0.2, 0) is 0 Å². The average molecular weight is 357 g/mol. The maximum atomic E-state index is 8.93. The van der Waals surface area contributed by atoms with Crippen molar-refractivity contribution in [2.24, 2.45) is 0 Å². The van der Waals surface area contributed by atoms with Crippen LogP contribution in [0.5, 0.6) is 0 Å². The van der Waals surface area contributed by atoms with Crippen LogP contribution in [0.3, 0.4) is 0 Å².